The number of carbonyl (C=O) groups is 2. The molecule has 1 spiro atoms. The zero-order valence-electron chi connectivity index (χ0n) is 16.3. The van der Waals surface area contributed by atoms with Crippen molar-refractivity contribution in [2.24, 2.45) is 0 Å². The number of methoxy groups -OCH3 is 1. The van der Waals surface area contributed by atoms with Gasteiger partial charge in [-0.15, -0.1) is 11.8 Å². The molecule has 152 valence electrons. The van der Waals surface area contributed by atoms with Gasteiger partial charge in [-0.1, -0.05) is 23.7 Å². The molecule has 3 amide bonds. The van der Waals surface area contributed by atoms with Gasteiger partial charge in [0.2, 0.25) is 0 Å². The Labute approximate surface area is 179 Å². The molecule has 0 saturated carbocycles. The van der Waals surface area contributed by atoms with Crippen LogP contribution in [0.2, 0.25) is 5.02 Å². The number of hydrogen-bond donors (Lipinski definition) is 1. The van der Waals surface area contributed by atoms with E-state index in [1.807, 2.05) is 43.3 Å². The summed E-state index contributed by atoms with van der Waals surface area (Å²) in [6, 6.07) is 12.9. The molecule has 1 N–H and O–H groups in total. The van der Waals surface area contributed by atoms with Crippen LogP contribution in [0.15, 0.2) is 42.5 Å². The Morgan fingerprint density at radius 1 is 1.31 bits per heavy atom. The van der Waals surface area contributed by atoms with Crippen molar-refractivity contribution >= 4 is 41.0 Å². The maximum atomic E-state index is 13.8. The minimum atomic E-state index is -1.08. The third-order valence-corrected chi connectivity index (χ3v) is 6.86. The zero-order chi connectivity index (χ0) is 20.6. The second kappa shape index (κ2) is 7.80. The Balaban J connectivity index is 1.78. The number of thioether (sulfide) groups is 1. The van der Waals surface area contributed by atoms with Crippen LogP contribution in [0, 0.1) is 0 Å². The van der Waals surface area contributed by atoms with E-state index in [1.165, 1.54) is 11.8 Å². The summed E-state index contributed by atoms with van der Waals surface area (Å²) >= 11 is 7.78. The Kier molecular flexibility index (Phi) is 5.36. The SMILES string of the molecule is CCNC(=O)N1CCSC12C(=O)N(Cc1cccc(OC)c1)c1ccc(Cl)cc12. The standard InChI is InChI=1S/C21H22ClN3O3S/c1-3-23-20(27)25-9-10-29-21(25)17-12-15(22)7-8-18(17)24(19(21)26)13-14-5-4-6-16(11-14)28-2/h4-8,11-12H,3,9-10,13H2,1-2H3,(H,23,27). The lowest BCUT2D eigenvalue weighted by Gasteiger charge is -2.33. The summed E-state index contributed by atoms with van der Waals surface area (Å²) in [7, 11) is 1.62. The van der Waals surface area contributed by atoms with Gasteiger partial charge in [0, 0.05) is 29.4 Å². The van der Waals surface area contributed by atoms with E-state index in [0.717, 1.165) is 22.6 Å². The fourth-order valence-electron chi connectivity index (χ4n) is 3.94. The van der Waals surface area contributed by atoms with Crippen molar-refractivity contribution in [2.75, 3.05) is 30.9 Å². The number of urea groups is 1. The molecule has 0 aliphatic carbocycles. The van der Waals surface area contributed by atoms with Gasteiger partial charge >= 0.3 is 6.03 Å². The number of anilines is 1. The van der Waals surface area contributed by atoms with Gasteiger partial charge in [0.15, 0.2) is 4.87 Å². The third-order valence-electron chi connectivity index (χ3n) is 5.20. The third kappa shape index (κ3) is 3.22. The summed E-state index contributed by atoms with van der Waals surface area (Å²) in [4.78, 5) is 28.9. The first kappa shape index (κ1) is 19.9. The molecule has 0 bridgehead atoms. The lowest BCUT2D eigenvalue weighted by molar-refractivity contribution is -0.123. The maximum absolute atomic E-state index is 13.8. The maximum Gasteiger partial charge on any atom is 0.319 e. The largest absolute Gasteiger partial charge is 0.497 e. The minimum Gasteiger partial charge on any atom is -0.497 e. The Morgan fingerprint density at radius 2 is 2.14 bits per heavy atom. The molecule has 1 unspecified atom stereocenters. The number of rotatable bonds is 4. The van der Waals surface area contributed by atoms with Crippen LogP contribution in [0.5, 0.6) is 5.75 Å². The zero-order valence-corrected chi connectivity index (χ0v) is 17.8. The predicted molar refractivity (Wildman–Crippen MR) is 116 cm³/mol. The molecule has 6 nitrogen and oxygen atoms in total. The molecule has 1 saturated heterocycles. The summed E-state index contributed by atoms with van der Waals surface area (Å²) in [5, 5.41) is 3.38. The van der Waals surface area contributed by atoms with Crippen LogP contribution in [-0.4, -0.2) is 42.8 Å². The number of halogens is 1. The quantitative estimate of drug-likeness (QED) is 0.799. The Morgan fingerprint density at radius 3 is 2.90 bits per heavy atom. The van der Waals surface area contributed by atoms with Crippen LogP contribution in [-0.2, 0) is 16.2 Å². The van der Waals surface area contributed by atoms with Crippen LogP contribution in [0.25, 0.3) is 0 Å². The van der Waals surface area contributed by atoms with E-state index in [9.17, 15) is 9.59 Å². The number of amides is 3. The summed E-state index contributed by atoms with van der Waals surface area (Å²) in [5.74, 6) is 1.30. The van der Waals surface area contributed by atoms with Crippen molar-refractivity contribution in [1.29, 1.82) is 0 Å². The lowest BCUT2D eigenvalue weighted by atomic mass is 10.1. The van der Waals surface area contributed by atoms with Crippen LogP contribution in [0.1, 0.15) is 18.1 Å². The molecule has 2 aliphatic rings. The fourth-order valence-corrected chi connectivity index (χ4v) is 5.57. The summed E-state index contributed by atoms with van der Waals surface area (Å²) < 4.78 is 5.31. The van der Waals surface area contributed by atoms with Gasteiger partial charge in [-0.25, -0.2) is 4.79 Å². The second-order valence-electron chi connectivity index (χ2n) is 6.88. The highest BCUT2D eigenvalue weighted by Crippen LogP contribution is 2.54. The molecule has 2 aromatic rings. The number of fused-ring (bicyclic) bond motifs is 2. The number of nitrogens with zero attached hydrogens (tertiary/aromatic N) is 2. The molecule has 2 aromatic carbocycles. The number of ether oxygens (including phenoxy) is 1. The molecule has 2 aliphatic heterocycles. The first-order valence-electron chi connectivity index (χ1n) is 9.45. The van der Waals surface area contributed by atoms with E-state index in [-0.39, 0.29) is 11.9 Å². The Bertz CT molecular complexity index is 970. The topological polar surface area (TPSA) is 61.9 Å². The molecule has 4 rings (SSSR count). The first-order chi connectivity index (χ1) is 14.0. The van der Waals surface area contributed by atoms with E-state index in [4.69, 9.17) is 16.3 Å². The molecule has 29 heavy (non-hydrogen) atoms. The van der Waals surface area contributed by atoms with Crippen LogP contribution in [0.4, 0.5) is 10.5 Å². The monoisotopic (exact) mass is 431 g/mol. The fraction of sp³-hybridized carbons (Fsp3) is 0.333. The van der Waals surface area contributed by atoms with Crippen LogP contribution >= 0.6 is 23.4 Å². The van der Waals surface area contributed by atoms with E-state index in [1.54, 1.807) is 23.0 Å². The van der Waals surface area contributed by atoms with E-state index < -0.39 is 4.87 Å². The lowest BCUT2D eigenvalue weighted by Crippen LogP contribution is -2.53. The van der Waals surface area contributed by atoms with Gasteiger partial charge in [0.05, 0.1) is 19.3 Å². The normalized spacial score (nSPS) is 20.3. The van der Waals surface area contributed by atoms with Gasteiger partial charge in [-0.2, -0.15) is 0 Å². The smallest absolute Gasteiger partial charge is 0.319 e. The second-order valence-corrected chi connectivity index (χ2v) is 8.61. The molecule has 1 fully saturated rings. The number of nitrogens with one attached hydrogen (secondary N) is 1. The van der Waals surface area contributed by atoms with Gasteiger partial charge in [-0.3, -0.25) is 9.69 Å². The molecular weight excluding hydrogens is 410 g/mol. The van der Waals surface area contributed by atoms with Crippen LogP contribution in [0.3, 0.4) is 0 Å². The molecule has 8 heteroatoms. The van der Waals surface area contributed by atoms with Crippen LogP contribution < -0.4 is 15.0 Å². The average Bonchev–Trinajstić information content (AvgIpc) is 3.26. The van der Waals surface area contributed by atoms with Crippen molar-refractivity contribution in [2.45, 2.75) is 18.3 Å². The van der Waals surface area contributed by atoms with Crippen molar-refractivity contribution < 1.29 is 14.3 Å². The summed E-state index contributed by atoms with van der Waals surface area (Å²) in [5.41, 5.74) is 2.50. The molecular formula is C21H22ClN3O3S. The van der Waals surface area contributed by atoms with Crippen molar-refractivity contribution in [3.8, 4) is 5.75 Å². The highest BCUT2D eigenvalue weighted by Gasteiger charge is 2.59. The number of hydrogen-bond acceptors (Lipinski definition) is 4. The number of carbonyl (C=O) groups excluding carboxylic acids is 2. The first-order valence-corrected chi connectivity index (χ1v) is 10.8. The average molecular weight is 432 g/mol. The van der Waals surface area contributed by atoms with E-state index in [0.29, 0.717) is 30.4 Å². The molecule has 0 radical (unpaired) electrons. The van der Waals surface area contributed by atoms with Crippen molar-refractivity contribution in [1.82, 2.24) is 10.2 Å². The highest BCUT2D eigenvalue weighted by molar-refractivity contribution is 8.01. The van der Waals surface area contributed by atoms with Gasteiger partial charge in [-0.05, 0) is 42.8 Å². The van der Waals surface area contributed by atoms with Crippen molar-refractivity contribution in [3.63, 3.8) is 0 Å². The van der Waals surface area contributed by atoms with E-state index in [2.05, 4.69) is 5.32 Å². The minimum absolute atomic E-state index is 0.119. The predicted octanol–water partition coefficient (Wildman–Crippen LogP) is 3.83. The molecule has 2 heterocycles. The molecule has 1 atom stereocenters. The van der Waals surface area contributed by atoms with Gasteiger partial charge in [0.1, 0.15) is 5.75 Å². The molecule has 0 aromatic heterocycles. The highest BCUT2D eigenvalue weighted by atomic mass is 35.5. The summed E-state index contributed by atoms with van der Waals surface area (Å²) in [6.45, 7) is 3.25. The van der Waals surface area contributed by atoms with E-state index >= 15 is 0 Å². The Hall–Kier alpha value is -2.38. The van der Waals surface area contributed by atoms with Gasteiger partial charge in [0.25, 0.3) is 5.91 Å². The summed E-state index contributed by atoms with van der Waals surface area (Å²) in [6.07, 6.45) is 0. The van der Waals surface area contributed by atoms with Crippen molar-refractivity contribution in [3.05, 3.63) is 58.6 Å². The number of benzene rings is 2. The van der Waals surface area contributed by atoms with Gasteiger partial charge < -0.3 is 15.0 Å².